The van der Waals surface area contributed by atoms with Crippen molar-refractivity contribution >= 4 is 11.6 Å². The molecular weight excluding hydrogens is 291 g/mol. The van der Waals surface area contributed by atoms with Crippen LogP contribution in [0.5, 0.6) is 0 Å². The highest BCUT2D eigenvalue weighted by molar-refractivity contribution is 6.29. The molecule has 0 spiro atoms. The summed E-state index contributed by atoms with van der Waals surface area (Å²) >= 11 is 5.89. The minimum Gasteiger partial charge on any atom is -0.453 e. The second-order valence-electron chi connectivity index (χ2n) is 4.30. The van der Waals surface area contributed by atoms with Gasteiger partial charge in [-0.3, -0.25) is 0 Å². The fourth-order valence-electron chi connectivity index (χ4n) is 1.95. The summed E-state index contributed by atoms with van der Waals surface area (Å²) in [5.41, 5.74) is 0.464. The van der Waals surface area contributed by atoms with Crippen LogP contribution >= 0.6 is 11.6 Å². The molecule has 6 heteroatoms. The van der Waals surface area contributed by atoms with Crippen molar-refractivity contribution in [3.05, 3.63) is 58.3 Å². The van der Waals surface area contributed by atoms with Crippen molar-refractivity contribution in [2.75, 3.05) is 6.54 Å². The standard InChI is InChI=1S/C14H13ClF3NO/c1-2-6-19-13(9-5-7-20-14(9)15)8-3-4-10(16)12(18)11(8)17/h3-5,7,13,19H,2,6H2,1H3. The van der Waals surface area contributed by atoms with E-state index in [4.69, 9.17) is 16.0 Å². The van der Waals surface area contributed by atoms with Gasteiger partial charge in [0.15, 0.2) is 22.7 Å². The van der Waals surface area contributed by atoms with Crippen molar-refractivity contribution in [1.29, 1.82) is 0 Å². The van der Waals surface area contributed by atoms with Crippen molar-refractivity contribution < 1.29 is 17.6 Å². The molecule has 0 aliphatic rings. The summed E-state index contributed by atoms with van der Waals surface area (Å²) in [7, 11) is 0. The number of benzene rings is 1. The van der Waals surface area contributed by atoms with Gasteiger partial charge in [-0.15, -0.1) is 0 Å². The number of halogens is 4. The molecule has 1 N–H and O–H groups in total. The minimum absolute atomic E-state index is 0.0133. The van der Waals surface area contributed by atoms with Crippen LogP contribution in [0.3, 0.4) is 0 Å². The molecule has 108 valence electrons. The van der Waals surface area contributed by atoms with Crippen LogP contribution in [0.4, 0.5) is 13.2 Å². The lowest BCUT2D eigenvalue weighted by atomic mass is 10.00. The molecule has 1 aromatic heterocycles. The van der Waals surface area contributed by atoms with E-state index in [0.717, 1.165) is 12.5 Å². The molecule has 0 amide bonds. The molecule has 2 aromatic rings. The maximum Gasteiger partial charge on any atom is 0.198 e. The first kappa shape index (κ1) is 14.9. The Hall–Kier alpha value is -1.46. The first-order chi connectivity index (χ1) is 9.56. The van der Waals surface area contributed by atoms with Gasteiger partial charge in [-0.2, -0.15) is 0 Å². The number of furan rings is 1. The lowest BCUT2D eigenvalue weighted by Crippen LogP contribution is -2.24. The topological polar surface area (TPSA) is 25.2 Å². The van der Waals surface area contributed by atoms with Gasteiger partial charge < -0.3 is 9.73 Å². The van der Waals surface area contributed by atoms with E-state index in [1.807, 2.05) is 6.92 Å². The Bertz CT molecular complexity index is 600. The molecule has 2 nitrogen and oxygen atoms in total. The summed E-state index contributed by atoms with van der Waals surface area (Å²) in [5, 5.41) is 3.13. The third-order valence-corrected chi connectivity index (χ3v) is 3.24. The van der Waals surface area contributed by atoms with Gasteiger partial charge in [0.2, 0.25) is 0 Å². The summed E-state index contributed by atoms with van der Waals surface area (Å²) < 4.78 is 45.3. The lowest BCUT2D eigenvalue weighted by Gasteiger charge is -2.19. The van der Waals surface area contributed by atoms with Crippen LogP contribution in [0.2, 0.25) is 5.22 Å². The normalized spacial score (nSPS) is 12.7. The summed E-state index contributed by atoms with van der Waals surface area (Å²) in [6, 6.07) is 2.96. The molecule has 1 unspecified atom stereocenters. The molecule has 2 rings (SSSR count). The Balaban J connectivity index is 2.47. The van der Waals surface area contributed by atoms with E-state index in [1.165, 1.54) is 12.3 Å². The zero-order valence-electron chi connectivity index (χ0n) is 10.7. The highest BCUT2D eigenvalue weighted by Crippen LogP contribution is 2.31. The van der Waals surface area contributed by atoms with Crippen LogP contribution in [-0.4, -0.2) is 6.54 Å². The van der Waals surface area contributed by atoms with E-state index in [0.29, 0.717) is 12.1 Å². The van der Waals surface area contributed by atoms with Gasteiger partial charge in [0.05, 0.1) is 12.3 Å². The molecule has 0 fully saturated rings. The van der Waals surface area contributed by atoms with Gasteiger partial charge in [0.25, 0.3) is 0 Å². The molecule has 0 saturated heterocycles. The zero-order valence-corrected chi connectivity index (χ0v) is 11.5. The third kappa shape index (κ3) is 2.83. The van der Waals surface area contributed by atoms with E-state index in [2.05, 4.69) is 5.32 Å². The first-order valence-corrected chi connectivity index (χ1v) is 6.53. The van der Waals surface area contributed by atoms with Crippen LogP contribution in [0, 0.1) is 17.5 Å². The Morgan fingerprint density at radius 1 is 1.15 bits per heavy atom. The second-order valence-corrected chi connectivity index (χ2v) is 4.64. The molecule has 1 aromatic carbocycles. The molecule has 0 bridgehead atoms. The highest BCUT2D eigenvalue weighted by Gasteiger charge is 2.24. The van der Waals surface area contributed by atoms with Gasteiger partial charge in [-0.05, 0) is 36.7 Å². The number of hydrogen-bond donors (Lipinski definition) is 1. The summed E-state index contributed by atoms with van der Waals surface area (Å²) in [5.74, 6) is -3.94. The van der Waals surface area contributed by atoms with Gasteiger partial charge in [-0.25, -0.2) is 13.2 Å². The van der Waals surface area contributed by atoms with Crippen molar-refractivity contribution in [3.63, 3.8) is 0 Å². The van der Waals surface area contributed by atoms with Crippen LogP contribution < -0.4 is 5.32 Å². The predicted octanol–water partition coefficient (Wildman–Crippen LogP) is 4.44. The number of nitrogens with one attached hydrogen (secondary N) is 1. The fourth-order valence-corrected chi connectivity index (χ4v) is 2.17. The third-order valence-electron chi connectivity index (χ3n) is 2.93. The summed E-state index contributed by atoms with van der Waals surface area (Å²) in [6.45, 7) is 2.49. The summed E-state index contributed by atoms with van der Waals surface area (Å²) in [4.78, 5) is 0. The Morgan fingerprint density at radius 3 is 2.50 bits per heavy atom. The van der Waals surface area contributed by atoms with Crippen molar-refractivity contribution in [1.82, 2.24) is 5.32 Å². The van der Waals surface area contributed by atoms with Gasteiger partial charge in [0, 0.05) is 11.1 Å². The lowest BCUT2D eigenvalue weighted by molar-refractivity contribution is 0.432. The Labute approximate surface area is 119 Å². The Kier molecular flexibility index (Phi) is 4.73. The molecule has 0 radical (unpaired) electrons. The zero-order chi connectivity index (χ0) is 14.7. The SMILES string of the molecule is CCCNC(c1ccoc1Cl)c1ccc(F)c(F)c1F. The van der Waals surface area contributed by atoms with Crippen molar-refractivity contribution in [3.8, 4) is 0 Å². The van der Waals surface area contributed by atoms with E-state index >= 15 is 0 Å². The number of rotatable bonds is 5. The monoisotopic (exact) mass is 303 g/mol. The average Bonchev–Trinajstić information content (AvgIpc) is 2.85. The van der Waals surface area contributed by atoms with E-state index in [1.54, 1.807) is 6.07 Å². The number of hydrogen-bond acceptors (Lipinski definition) is 2. The first-order valence-electron chi connectivity index (χ1n) is 6.16. The molecule has 0 aliphatic heterocycles. The smallest absolute Gasteiger partial charge is 0.198 e. The van der Waals surface area contributed by atoms with Gasteiger partial charge >= 0.3 is 0 Å². The van der Waals surface area contributed by atoms with Crippen molar-refractivity contribution in [2.45, 2.75) is 19.4 Å². The van der Waals surface area contributed by atoms with E-state index in [-0.39, 0.29) is 10.8 Å². The van der Waals surface area contributed by atoms with Crippen LogP contribution in [0.1, 0.15) is 30.5 Å². The second kappa shape index (κ2) is 6.33. The minimum atomic E-state index is -1.49. The maximum absolute atomic E-state index is 13.9. The highest BCUT2D eigenvalue weighted by atomic mass is 35.5. The van der Waals surface area contributed by atoms with E-state index < -0.39 is 23.5 Å². The van der Waals surface area contributed by atoms with Crippen molar-refractivity contribution in [2.24, 2.45) is 0 Å². The molecule has 0 aliphatic carbocycles. The van der Waals surface area contributed by atoms with E-state index in [9.17, 15) is 13.2 Å². The predicted molar refractivity (Wildman–Crippen MR) is 70.2 cm³/mol. The molecule has 0 saturated carbocycles. The molecule has 20 heavy (non-hydrogen) atoms. The maximum atomic E-state index is 13.9. The summed E-state index contributed by atoms with van der Waals surface area (Å²) in [6.07, 6.45) is 2.15. The van der Waals surface area contributed by atoms with Crippen LogP contribution in [0.25, 0.3) is 0 Å². The van der Waals surface area contributed by atoms with Gasteiger partial charge in [-0.1, -0.05) is 13.0 Å². The molecule has 1 atom stereocenters. The quantitative estimate of drug-likeness (QED) is 0.826. The Morgan fingerprint density at radius 2 is 1.90 bits per heavy atom. The molecule has 1 heterocycles. The van der Waals surface area contributed by atoms with Gasteiger partial charge in [0.1, 0.15) is 0 Å². The molecular formula is C14H13ClF3NO. The average molecular weight is 304 g/mol. The van der Waals surface area contributed by atoms with Crippen LogP contribution in [0.15, 0.2) is 28.9 Å². The largest absolute Gasteiger partial charge is 0.453 e. The van der Waals surface area contributed by atoms with Crippen LogP contribution in [-0.2, 0) is 0 Å². The fraction of sp³-hybridized carbons (Fsp3) is 0.286.